The second-order valence-electron chi connectivity index (χ2n) is 3.45. The molecule has 0 saturated heterocycles. The summed E-state index contributed by atoms with van der Waals surface area (Å²) in [5, 5.41) is 3.40. The van der Waals surface area contributed by atoms with Crippen LogP contribution < -0.4 is 5.32 Å². The minimum absolute atomic E-state index is 1.03. The third-order valence-electron chi connectivity index (χ3n) is 2.32. The van der Waals surface area contributed by atoms with Gasteiger partial charge in [0.1, 0.15) is 5.76 Å². The van der Waals surface area contributed by atoms with Gasteiger partial charge in [-0.15, -0.1) is 0 Å². The molecule has 0 aromatic heterocycles. The molecule has 0 unspecified atom stereocenters. The smallest absolute Gasteiger partial charge is 0.119 e. The highest BCUT2D eigenvalue weighted by Crippen LogP contribution is 2.22. The summed E-state index contributed by atoms with van der Waals surface area (Å²) in [6, 6.07) is 0. The van der Waals surface area contributed by atoms with Gasteiger partial charge >= 0.3 is 0 Å². The standard InChI is InChI=1S/C11H19NO/c1-4-7-12-10-6-5-9(2)11(8-10)13-3/h8,12H,4-7H2,1-3H3. The van der Waals surface area contributed by atoms with Gasteiger partial charge in [0.2, 0.25) is 0 Å². The Morgan fingerprint density at radius 2 is 2.23 bits per heavy atom. The van der Waals surface area contributed by atoms with Crippen LogP contribution in [-0.4, -0.2) is 13.7 Å². The molecule has 13 heavy (non-hydrogen) atoms. The average molecular weight is 181 g/mol. The Hall–Kier alpha value is -0.920. The number of rotatable bonds is 4. The number of allylic oxidation sites excluding steroid dienone is 3. The van der Waals surface area contributed by atoms with Crippen molar-refractivity contribution in [3.05, 3.63) is 23.1 Å². The second-order valence-corrected chi connectivity index (χ2v) is 3.45. The lowest BCUT2D eigenvalue weighted by Crippen LogP contribution is -2.16. The normalized spacial score (nSPS) is 17.0. The number of hydrogen-bond acceptors (Lipinski definition) is 2. The molecular weight excluding hydrogens is 162 g/mol. The van der Waals surface area contributed by atoms with Crippen molar-refractivity contribution < 1.29 is 4.74 Å². The minimum atomic E-state index is 1.03. The van der Waals surface area contributed by atoms with Gasteiger partial charge in [-0.3, -0.25) is 0 Å². The van der Waals surface area contributed by atoms with E-state index in [1.54, 1.807) is 7.11 Å². The zero-order chi connectivity index (χ0) is 9.68. The summed E-state index contributed by atoms with van der Waals surface area (Å²) in [5.74, 6) is 1.03. The maximum atomic E-state index is 5.28. The molecule has 2 heteroatoms. The molecule has 1 aliphatic rings. The predicted molar refractivity (Wildman–Crippen MR) is 55.3 cm³/mol. The van der Waals surface area contributed by atoms with Gasteiger partial charge in [0.25, 0.3) is 0 Å². The third-order valence-corrected chi connectivity index (χ3v) is 2.32. The molecule has 0 aromatic carbocycles. The summed E-state index contributed by atoms with van der Waals surface area (Å²) >= 11 is 0. The topological polar surface area (TPSA) is 21.3 Å². The average Bonchev–Trinajstić information content (AvgIpc) is 2.16. The summed E-state index contributed by atoms with van der Waals surface area (Å²) in [5.41, 5.74) is 2.66. The van der Waals surface area contributed by atoms with Crippen LogP contribution in [-0.2, 0) is 4.74 Å². The fourth-order valence-electron chi connectivity index (χ4n) is 1.46. The largest absolute Gasteiger partial charge is 0.497 e. The Balaban J connectivity index is 2.58. The van der Waals surface area contributed by atoms with E-state index in [1.807, 2.05) is 0 Å². The van der Waals surface area contributed by atoms with Crippen LogP contribution in [0.1, 0.15) is 33.1 Å². The van der Waals surface area contributed by atoms with E-state index in [0.717, 1.165) is 25.1 Å². The first-order valence-electron chi connectivity index (χ1n) is 4.96. The molecular formula is C11H19NO. The molecule has 0 radical (unpaired) electrons. The summed E-state index contributed by atoms with van der Waals surface area (Å²) in [4.78, 5) is 0. The summed E-state index contributed by atoms with van der Waals surface area (Å²) < 4.78 is 5.28. The number of methoxy groups -OCH3 is 1. The van der Waals surface area contributed by atoms with Crippen LogP contribution >= 0.6 is 0 Å². The Bertz CT molecular complexity index is 228. The first kappa shape index (κ1) is 10.2. The minimum Gasteiger partial charge on any atom is -0.497 e. The summed E-state index contributed by atoms with van der Waals surface area (Å²) in [6.45, 7) is 5.36. The van der Waals surface area contributed by atoms with Crippen molar-refractivity contribution in [2.75, 3.05) is 13.7 Å². The van der Waals surface area contributed by atoms with Crippen molar-refractivity contribution in [3.63, 3.8) is 0 Å². The number of ether oxygens (including phenoxy) is 1. The Labute approximate surface area is 80.7 Å². The van der Waals surface area contributed by atoms with Crippen LogP contribution in [0.25, 0.3) is 0 Å². The predicted octanol–water partition coefficient (Wildman–Crippen LogP) is 2.58. The van der Waals surface area contributed by atoms with E-state index in [0.29, 0.717) is 0 Å². The van der Waals surface area contributed by atoms with Crippen LogP contribution in [0, 0.1) is 0 Å². The summed E-state index contributed by atoms with van der Waals surface area (Å²) in [7, 11) is 1.73. The first-order chi connectivity index (χ1) is 6.27. The Morgan fingerprint density at radius 1 is 1.46 bits per heavy atom. The maximum Gasteiger partial charge on any atom is 0.119 e. The first-order valence-corrected chi connectivity index (χ1v) is 4.96. The van der Waals surface area contributed by atoms with Crippen LogP contribution in [0.2, 0.25) is 0 Å². The van der Waals surface area contributed by atoms with E-state index in [1.165, 1.54) is 17.7 Å². The van der Waals surface area contributed by atoms with E-state index in [2.05, 4.69) is 25.2 Å². The van der Waals surface area contributed by atoms with Crippen LogP contribution in [0.4, 0.5) is 0 Å². The van der Waals surface area contributed by atoms with Crippen molar-refractivity contribution in [2.45, 2.75) is 33.1 Å². The number of hydrogen-bond donors (Lipinski definition) is 1. The molecule has 0 aliphatic heterocycles. The highest BCUT2D eigenvalue weighted by molar-refractivity contribution is 5.27. The van der Waals surface area contributed by atoms with Crippen molar-refractivity contribution >= 4 is 0 Å². The van der Waals surface area contributed by atoms with Crippen molar-refractivity contribution in [1.29, 1.82) is 0 Å². The van der Waals surface area contributed by atoms with Gasteiger partial charge in [0.15, 0.2) is 0 Å². The molecule has 0 aromatic rings. The van der Waals surface area contributed by atoms with Gasteiger partial charge in [-0.25, -0.2) is 0 Å². The lowest BCUT2D eigenvalue weighted by atomic mass is 10.0. The highest BCUT2D eigenvalue weighted by Gasteiger charge is 2.09. The molecule has 0 atom stereocenters. The molecule has 0 fully saturated rings. The fourth-order valence-corrected chi connectivity index (χ4v) is 1.46. The van der Waals surface area contributed by atoms with Crippen molar-refractivity contribution in [1.82, 2.24) is 5.32 Å². The van der Waals surface area contributed by atoms with Crippen LogP contribution in [0.3, 0.4) is 0 Å². The molecule has 0 heterocycles. The van der Waals surface area contributed by atoms with E-state index in [4.69, 9.17) is 4.74 Å². The van der Waals surface area contributed by atoms with Gasteiger partial charge in [0, 0.05) is 12.2 Å². The molecule has 0 bridgehead atoms. The molecule has 0 spiro atoms. The van der Waals surface area contributed by atoms with Crippen molar-refractivity contribution in [2.24, 2.45) is 0 Å². The van der Waals surface area contributed by atoms with Crippen molar-refractivity contribution in [3.8, 4) is 0 Å². The van der Waals surface area contributed by atoms with Crippen LogP contribution in [0.15, 0.2) is 23.1 Å². The lowest BCUT2D eigenvalue weighted by Gasteiger charge is -2.18. The van der Waals surface area contributed by atoms with Gasteiger partial charge in [-0.05, 0) is 37.8 Å². The fraction of sp³-hybridized carbons (Fsp3) is 0.636. The van der Waals surface area contributed by atoms with E-state index in [9.17, 15) is 0 Å². The Morgan fingerprint density at radius 3 is 2.85 bits per heavy atom. The van der Waals surface area contributed by atoms with Gasteiger partial charge in [-0.2, -0.15) is 0 Å². The maximum absolute atomic E-state index is 5.28. The molecule has 0 amide bonds. The summed E-state index contributed by atoms with van der Waals surface area (Å²) in [6.07, 6.45) is 5.53. The monoisotopic (exact) mass is 181 g/mol. The highest BCUT2D eigenvalue weighted by atomic mass is 16.5. The van der Waals surface area contributed by atoms with E-state index in [-0.39, 0.29) is 0 Å². The molecule has 1 rings (SSSR count). The van der Waals surface area contributed by atoms with Gasteiger partial charge < -0.3 is 10.1 Å². The molecule has 1 N–H and O–H groups in total. The van der Waals surface area contributed by atoms with E-state index < -0.39 is 0 Å². The molecule has 74 valence electrons. The SMILES string of the molecule is CCCNC1=CC(OC)=C(C)CC1. The molecule has 0 saturated carbocycles. The third kappa shape index (κ3) is 2.79. The second kappa shape index (κ2) is 4.95. The number of nitrogens with one attached hydrogen (secondary N) is 1. The molecule has 1 aliphatic carbocycles. The van der Waals surface area contributed by atoms with Crippen LogP contribution in [0.5, 0.6) is 0 Å². The van der Waals surface area contributed by atoms with E-state index >= 15 is 0 Å². The quantitative estimate of drug-likeness (QED) is 0.719. The molecule has 2 nitrogen and oxygen atoms in total. The zero-order valence-electron chi connectivity index (χ0n) is 8.81. The lowest BCUT2D eigenvalue weighted by molar-refractivity contribution is 0.297. The zero-order valence-corrected chi connectivity index (χ0v) is 8.81. The van der Waals surface area contributed by atoms with Gasteiger partial charge in [0.05, 0.1) is 7.11 Å². The van der Waals surface area contributed by atoms with Gasteiger partial charge in [-0.1, -0.05) is 6.92 Å². The Kier molecular flexibility index (Phi) is 3.87.